The van der Waals surface area contributed by atoms with Gasteiger partial charge in [0.1, 0.15) is 5.01 Å². The van der Waals surface area contributed by atoms with Crippen LogP contribution in [0.1, 0.15) is 10.7 Å². The van der Waals surface area contributed by atoms with Gasteiger partial charge in [0, 0.05) is 13.2 Å². The van der Waals surface area contributed by atoms with Gasteiger partial charge in [-0.15, -0.1) is 11.3 Å². The van der Waals surface area contributed by atoms with Crippen LogP contribution in [-0.2, 0) is 7.05 Å². The first-order chi connectivity index (χ1) is 6.75. The zero-order valence-corrected chi connectivity index (χ0v) is 9.92. The Morgan fingerprint density at radius 3 is 2.93 bits per heavy atom. The monoisotopic (exact) mass is 269 g/mol. The summed E-state index contributed by atoms with van der Waals surface area (Å²) in [5.41, 5.74) is 1.07. The molecule has 72 valence electrons. The standard InChI is InChI=1S/C9H8BrN3S/c1-13-7(4-5-12-13)2-3-9-11-6-8(10)14-9/h2-6H,1H3. The third kappa shape index (κ3) is 2.10. The van der Waals surface area contributed by atoms with Crippen LogP contribution in [0.15, 0.2) is 22.2 Å². The minimum absolute atomic E-state index is 0.984. The average molecular weight is 270 g/mol. The van der Waals surface area contributed by atoms with Crippen LogP contribution >= 0.6 is 27.3 Å². The Morgan fingerprint density at radius 2 is 2.36 bits per heavy atom. The minimum Gasteiger partial charge on any atom is -0.269 e. The molecule has 2 heterocycles. The summed E-state index contributed by atoms with van der Waals surface area (Å²) in [6.07, 6.45) is 7.55. The van der Waals surface area contributed by atoms with Gasteiger partial charge in [-0.2, -0.15) is 5.10 Å². The van der Waals surface area contributed by atoms with Crippen molar-refractivity contribution in [2.75, 3.05) is 0 Å². The van der Waals surface area contributed by atoms with Gasteiger partial charge >= 0.3 is 0 Å². The molecule has 0 aliphatic carbocycles. The summed E-state index contributed by atoms with van der Waals surface area (Å²) in [6.45, 7) is 0. The Hall–Kier alpha value is -0.940. The third-order valence-electron chi connectivity index (χ3n) is 1.75. The van der Waals surface area contributed by atoms with E-state index in [1.807, 2.05) is 29.9 Å². The summed E-state index contributed by atoms with van der Waals surface area (Å²) in [7, 11) is 1.91. The quantitative estimate of drug-likeness (QED) is 0.840. The van der Waals surface area contributed by atoms with Gasteiger partial charge in [0.15, 0.2) is 0 Å². The molecule has 0 amide bonds. The Balaban J connectivity index is 2.19. The molecule has 2 aromatic rings. The highest BCUT2D eigenvalue weighted by Crippen LogP contribution is 2.20. The van der Waals surface area contributed by atoms with Gasteiger partial charge < -0.3 is 0 Å². The second kappa shape index (κ2) is 4.06. The average Bonchev–Trinajstić information content (AvgIpc) is 2.72. The van der Waals surface area contributed by atoms with E-state index in [0.29, 0.717) is 0 Å². The van der Waals surface area contributed by atoms with E-state index >= 15 is 0 Å². The Bertz CT molecular complexity index is 458. The van der Waals surface area contributed by atoms with Crippen LogP contribution in [0.2, 0.25) is 0 Å². The van der Waals surface area contributed by atoms with Crippen molar-refractivity contribution >= 4 is 39.4 Å². The molecule has 0 aromatic carbocycles. The molecule has 0 fully saturated rings. The largest absolute Gasteiger partial charge is 0.269 e. The van der Waals surface area contributed by atoms with E-state index in [1.54, 1.807) is 23.7 Å². The Kier molecular flexibility index (Phi) is 2.79. The van der Waals surface area contributed by atoms with E-state index in [9.17, 15) is 0 Å². The van der Waals surface area contributed by atoms with Crippen LogP contribution in [0, 0.1) is 0 Å². The predicted octanol–water partition coefficient (Wildman–Crippen LogP) is 2.81. The van der Waals surface area contributed by atoms with Crippen LogP contribution < -0.4 is 0 Å². The number of aryl methyl sites for hydroxylation is 1. The fourth-order valence-corrected chi connectivity index (χ4v) is 2.19. The molecule has 2 rings (SSSR count). The maximum absolute atomic E-state index is 4.20. The summed E-state index contributed by atoms with van der Waals surface area (Å²) in [4.78, 5) is 4.20. The number of rotatable bonds is 2. The summed E-state index contributed by atoms with van der Waals surface area (Å²) >= 11 is 4.97. The van der Waals surface area contributed by atoms with E-state index in [2.05, 4.69) is 26.0 Å². The number of halogens is 1. The van der Waals surface area contributed by atoms with Gasteiger partial charge in [0.05, 0.1) is 15.7 Å². The minimum atomic E-state index is 0.984. The molecular weight excluding hydrogens is 262 g/mol. The van der Waals surface area contributed by atoms with Gasteiger partial charge in [0.2, 0.25) is 0 Å². The van der Waals surface area contributed by atoms with Gasteiger partial charge in [0.25, 0.3) is 0 Å². The molecule has 0 saturated carbocycles. The van der Waals surface area contributed by atoms with Crippen molar-refractivity contribution in [3.05, 3.63) is 32.9 Å². The highest BCUT2D eigenvalue weighted by atomic mass is 79.9. The highest BCUT2D eigenvalue weighted by Gasteiger charge is 1.95. The molecule has 0 spiro atoms. The number of aromatic nitrogens is 3. The maximum Gasteiger partial charge on any atom is 0.117 e. The second-order valence-corrected chi connectivity index (χ2v) is 5.16. The maximum atomic E-state index is 4.20. The molecule has 3 nitrogen and oxygen atoms in total. The summed E-state index contributed by atoms with van der Waals surface area (Å²) in [5.74, 6) is 0. The molecule has 0 aliphatic heterocycles. The predicted molar refractivity (Wildman–Crippen MR) is 62.0 cm³/mol. The van der Waals surface area contributed by atoms with E-state index in [0.717, 1.165) is 14.5 Å². The van der Waals surface area contributed by atoms with E-state index < -0.39 is 0 Å². The van der Waals surface area contributed by atoms with Crippen molar-refractivity contribution in [3.63, 3.8) is 0 Å². The van der Waals surface area contributed by atoms with Gasteiger partial charge in [-0.1, -0.05) is 0 Å². The first-order valence-electron chi connectivity index (χ1n) is 4.03. The molecule has 0 N–H and O–H groups in total. The highest BCUT2D eigenvalue weighted by molar-refractivity contribution is 9.11. The lowest BCUT2D eigenvalue weighted by molar-refractivity contribution is 0.760. The lowest BCUT2D eigenvalue weighted by Gasteiger charge is -1.91. The molecule has 2 aromatic heterocycles. The molecule has 0 radical (unpaired) electrons. The second-order valence-electron chi connectivity index (χ2n) is 2.72. The molecule has 5 heteroatoms. The first kappa shape index (κ1) is 9.61. The molecule has 0 aliphatic rings. The summed E-state index contributed by atoms with van der Waals surface area (Å²) in [6, 6.07) is 1.96. The van der Waals surface area contributed by atoms with Crippen molar-refractivity contribution in [1.82, 2.24) is 14.8 Å². The van der Waals surface area contributed by atoms with E-state index in [1.165, 1.54) is 0 Å². The van der Waals surface area contributed by atoms with Gasteiger partial charge in [-0.25, -0.2) is 4.98 Å². The third-order valence-corrected chi connectivity index (χ3v) is 3.19. The molecule has 0 atom stereocenters. The van der Waals surface area contributed by atoms with Gasteiger partial charge in [-0.3, -0.25) is 4.68 Å². The lowest BCUT2D eigenvalue weighted by Crippen LogP contribution is -1.91. The van der Waals surface area contributed by atoms with Crippen molar-refractivity contribution < 1.29 is 0 Å². The van der Waals surface area contributed by atoms with Crippen LogP contribution in [0.5, 0.6) is 0 Å². The summed E-state index contributed by atoms with van der Waals surface area (Å²) < 4.78 is 2.86. The zero-order valence-electron chi connectivity index (χ0n) is 7.51. The van der Waals surface area contributed by atoms with Crippen molar-refractivity contribution in [1.29, 1.82) is 0 Å². The molecule has 0 bridgehead atoms. The fraction of sp³-hybridized carbons (Fsp3) is 0.111. The van der Waals surface area contributed by atoms with Gasteiger partial charge in [-0.05, 0) is 34.1 Å². The summed E-state index contributed by atoms with van der Waals surface area (Å²) in [5, 5.41) is 5.06. The Morgan fingerprint density at radius 1 is 1.50 bits per heavy atom. The molecule has 14 heavy (non-hydrogen) atoms. The number of nitrogens with zero attached hydrogens (tertiary/aromatic N) is 3. The Labute approximate surface area is 94.2 Å². The van der Waals surface area contributed by atoms with Crippen LogP contribution in [0.3, 0.4) is 0 Å². The van der Waals surface area contributed by atoms with Crippen LogP contribution in [0.4, 0.5) is 0 Å². The van der Waals surface area contributed by atoms with E-state index in [4.69, 9.17) is 0 Å². The van der Waals surface area contributed by atoms with E-state index in [-0.39, 0.29) is 0 Å². The number of hydrogen-bond donors (Lipinski definition) is 0. The SMILES string of the molecule is Cn1nccc1C=Cc1ncc(Br)s1. The van der Waals surface area contributed by atoms with Crippen molar-refractivity contribution in [3.8, 4) is 0 Å². The van der Waals surface area contributed by atoms with Crippen molar-refractivity contribution in [2.24, 2.45) is 7.05 Å². The van der Waals surface area contributed by atoms with Crippen molar-refractivity contribution in [2.45, 2.75) is 0 Å². The topological polar surface area (TPSA) is 30.7 Å². The molecule has 0 unspecified atom stereocenters. The zero-order chi connectivity index (χ0) is 9.97. The first-order valence-corrected chi connectivity index (χ1v) is 5.64. The number of hydrogen-bond acceptors (Lipinski definition) is 3. The van der Waals surface area contributed by atoms with Crippen LogP contribution in [-0.4, -0.2) is 14.8 Å². The van der Waals surface area contributed by atoms with Crippen LogP contribution in [0.25, 0.3) is 12.2 Å². The lowest BCUT2D eigenvalue weighted by atomic mass is 10.4. The normalized spacial score (nSPS) is 11.3. The molecular formula is C9H8BrN3S. The molecule has 0 saturated heterocycles. The number of thiazole rings is 1. The smallest absolute Gasteiger partial charge is 0.117 e. The fourth-order valence-electron chi connectivity index (χ4n) is 1.05.